The lowest BCUT2D eigenvalue weighted by atomic mass is 9.80. The molecule has 3 N–H and O–H groups in total. The maximum Gasteiger partial charge on any atom is 0.334 e. The molecule has 1 rings (SSSR count). The molecular weight excluding hydrogens is 262 g/mol. The number of urea groups is 1. The number of carboxylic acid groups (broad SMARTS) is 1. The van der Waals surface area contributed by atoms with Crippen LogP contribution < -0.4 is 10.6 Å². The predicted molar refractivity (Wildman–Crippen MR) is 74.7 cm³/mol. The lowest BCUT2D eigenvalue weighted by Gasteiger charge is -2.37. The van der Waals surface area contributed by atoms with Gasteiger partial charge in [-0.1, -0.05) is 6.92 Å². The minimum atomic E-state index is -1.09. The van der Waals surface area contributed by atoms with Crippen LogP contribution in [0.2, 0.25) is 0 Å². The number of aliphatic carboxylic acids is 1. The van der Waals surface area contributed by atoms with Crippen molar-refractivity contribution in [1.82, 2.24) is 15.5 Å². The Bertz CT molecular complexity index is 341. The number of amides is 2. The molecule has 0 aliphatic carbocycles. The number of ether oxygens (including phenoxy) is 1. The van der Waals surface area contributed by atoms with Crippen molar-refractivity contribution < 1.29 is 19.4 Å². The largest absolute Gasteiger partial charge is 0.479 e. The molecule has 1 atom stereocenters. The first-order valence-corrected chi connectivity index (χ1v) is 6.82. The van der Waals surface area contributed by atoms with Crippen LogP contribution in [-0.4, -0.2) is 68.4 Å². The van der Waals surface area contributed by atoms with Crippen molar-refractivity contribution in [3.05, 3.63) is 0 Å². The number of nitrogens with zero attached hydrogens (tertiary/aromatic N) is 1. The van der Waals surface area contributed by atoms with Crippen LogP contribution in [-0.2, 0) is 9.53 Å². The predicted octanol–water partition coefficient (Wildman–Crippen LogP) is 0.117. The Hall–Kier alpha value is -1.34. The Morgan fingerprint density at radius 1 is 1.35 bits per heavy atom. The summed E-state index contributed by atoms with van der Waals surface area (Å²) in [6, 6.07) is -0.353. The fraction of sp³-hybridized carbons (Fsp3) is 0.846. The van der Waals surface area contributed by atoms with Gasteiger partial charge in [-0.25, -0.2) is 9.59 Å². The zero-order valence-corrected chi connectivity index (χ0v) is 12.4. The van der Waals surface area contributed by atoms with Crippen LogP contribution in [0.3, 0.4) is 0 Å². The molecule has 0 radical (unpaired) electrons. The molecule has 1 heterocycles. The van der Waals surface area contributed by atoms with E-state index < -0.39 is 12.1 Å². The fourth-order valence-corrected chi connectivity index (χ4v) is 2.15. The highest BCUT2D eigenvalue weighted by molar-refractivity contribution is 5.76. The monoisotopic (exact) mass is 287 g/mol. The number of likely N-dealkylation sites (tertiary alicyclic amines) is 1. The molecule has 2 amide bonds. The molecule has 0 bridgehead atoms. The van der Waals surface area contributed by atoms with Gasteiger partial charge in [0, 0.05) is 13.7 Å². The lowest BCUT2D eigenvalue weighted by Crippen LogP contribution is -2.48. The quantitative estimate of drug-likeness (QED) is 0.645. The number of nitrogens with one attached hydrogen (secondary N) is 2. The topological polar surface area (TPSA) is 90.9 Å². The zero-order valence-electron chi connectivity index (χ0n) is 12.4. The van der Waals surface area contributed by atoms with Gasteiger partial charge in [-0.15, -0.1) is 0 Å². The molecule has 1 aliphatic heterocycles. The van der Waals surface area contributed by atoms with Crippen LogP contribution in [0.1, 0.15) is 19.8 Å². The van der Waals surface area contributed by atoms with E-state index >= 15 is 0 Å². The molecule has 1 fully saturated rings. The van der Waals surface area contributed by atoms with Gasteiger partial charge in [0.15, 0.2) is 6.10 Å². The molecule has 116 valence electrons. The van der Waals surface area contributed by atoms with Crippen LogP contribution in [0.25, 0.3) is 0 Å². The molecule has 0 saturated carbocycles. The van der Waals surface area contributed by atoms with E-state index in [2.05, 4.69) is 29.5 Å². The minimum absolute atomic E-state index is 0.0445. The van der Waals surface area contributed by atoms with E-state index in [1.807, 2.05) is 0 Å². The average molecular weight is 287 g/mol. The summed E-state index contributed by atoms with van der Waals surface area (Å²) in [6.45, 7) is 4.78. The van der Waals surface area contributed by atoms with E-state index in [1.165, 1.54) is 7.11 Å². The second-order valence-corrected chi connectivity index (χ2v) is 5.74. The molecule has 0 aromatic rings. The SMILES string of the molecule is COC(CNC(=O)NCC1(C)CCN(C)CC1)C(=O)O. The van der Waals surface area contributed by atoms with Crippen molar-refractivity contribution in [3.8, 4) is 0 Å². The molecule has 7 nitrogen and oxygen atoms in total. The van der Waals surface area contributed by atoms with Crippen molar-refractivity contribution in [2.24, 2.45) is 5.41 Å². The van der Waals surface area contributed by atoms with Crippen LogP contribution in [0, 0.1) is 5.41 Å². The summed E-state index contributed by atoms with van der Waals surface area (Å²) < 4.78 is 4.74. The van der Waals surface area contributed by atoms with E-state index in [1.54, 1.807) is 0 Å². The molecule has 0 aromatic carbocycles. The summed E-state index contributed by atoms with van der Waals surface area (Å²) in [7, 11) is 3.40. The van der Waals surface area contributed by atoms with E-state index in [0.717, 1.165) is 25.9 Å². The Morgan fingerprint density at radius 3 is 2.45 bits per heavy atom. The summed E-state index contributed by atoms with van der Waals surface area (Å²) >= 11 is 0. The Balaban J connectivity index is 2.27. The highest BCUT2D eigenvalue weighted by Crippen LogP contribution is 2.29. The number of carboxylic acids is 1. The van der Waals surface area contributed by atoms with Crippen molar-refractivity contribution in [2.75, 3.05) is 40.3 Å². The van der Waals surface area contributed by atoms with Gasteiger partial charge < -0.3 is 25.4 Å². The second kappa shape index (κ2) is 7.44. The standard InChI is InChI=1S/C13H25N3O4/c1-13(4-6-16(2)7-5-13)9-15-12(19)14-8-10(20-3)11(17)18/h10H,4-9H2,1-3H3,(H,17,18)(H2,14,15,19). The molecule has 20 heavy (non-hydrogen) atoms. The number of rotatable bonds is 6. The summed E-state index contributed by atoms with van der Waals surface area (Å²) in [5.74, 6) is -1.09. The van der Waals surface area contributed by atoms with Gasteiger partial charge in [0.05, 0.1) is 6.54 Å². The van der Waals surface area contributed by atoms with Gasteiger partial charge in [0.1, 0.15) is 0 Å². The fourth-order valence-electron chi connectivity index (χ4n) is 2.15. The first kappa shape index (κ1) is 16.7. The summed E-state index contributed by atoms with van der Waals surface area (Å²) in [4.78, 5) is 24.7. The molecule has 7 heteroatoms. The maximum absolute atomic E-state index is 11.7. The highest BCUT2D eigenvalue weighted by Gasteiger charge is 2.29. The Labute approximate surface area is 119 Å². The number of hydrogen-bond donors (Lipinski definition) is 3. The third-order valence-electron chi connectivity index (χ3n) is 3.88. The van der Waals surface area contributed by atoms with Crippen LogP contribution in [0.5, 0.6) is 0 Å². The number of methoxy groups -OCH3 is 1. The molecule has 1 saturated heterocycles. The smallest absolute Gasteiger partial charge is 0.334 e. The number of piperidine rings is 1. The summed E-state index contributed by atoms with van der Waals surface area (Å²) in [5.41, 5.74) is 0.108. The van der Waals surface area contributed by atoms with Gasteiger partial charge in [-0.3, -0.25) is 0 Å². The van der Waals surface area contributed by atoms with Gasteiger partial charge in [0.2, 0.25) is 0 Å². The Morgan fingerprint density at radius 2 is 1.95 bits per heavy atom. The van der Waals surface area contributed by atoms with Gasteiger partial charge in [-0.2, -0.15) is 0 Å². The maximum atomic E-state index is 11.7. The normalized spacial score (nSPS) is 20.1. The molecule has 0 spiro atoms. The van der Waals surface area contributed by atoms with Crippen LogP contribution >= 0.6 is 0 Å². The minimum Gasteiger partial charge on any atom is -0.479 e. The van der Waals surface area contributed by atoms with Crippen LogP contribution in [0.4, 0.5) is 4.79 Å². The number of hydrogen-bond acceptors (Lipinski definition) is 4. The van der Waals surface area contributed by atoms with Gasteiger partial charge in [0.25, 0.3) is 0 Å². The molecule has 0 aromatic heterocycles. The van der Waals surface area contributed by atoms with E-state index in [0.29, 0.717) is 6.54 Å². The first-order chi connectivity index (χ1) is 9.36. The Kier molecular flexibility index (Phi) is 6.22. The third-order valence-corrected chi connectivity index (χ3v) is 3.88. The lowest BCUT2D eigenvalue weighted by molar-refractivity contribution is -0.147. The first-order valence-electron chi connectivity index (χ1n) is 6.82. The van der Waals surface area contributed by atoms with E-state index in [4.69, 9.17) is 9.84 Å². The van der Waals surface area contributed by atoms with Crippen molar-refractivity contribution >= 4 is 12.0 Å². The highest BCUT2D eigenvalue weighted by atomic mass is 16.5. The average Bonchev–Trinajstić information content (AvgIpc) is 2.41. The molecular formula is C13H25N3O4. The van der Waals surface area contributed by atoms with Gasteiger partial charge >= 0.3 is 12.0 Å². The second-order valence-electron chi connectivity index (χ2n) is 5.74. The van der Waals surface area contributed by atoms with Crippen molar-refractivity contribution in [2.45, 2.75) is 25.9 Å². The van der Waals surface area contributed by atoms with Crippen molar-refractivity contribution in [1.29, 1.82) is 0 Å². The zero-order chi connectivity index (χ0) is 15.2. The van der Waals surface area contributed by atoms with Crippen LogP contribution in [0.15, 0.2) is 0 Å². The number of carbonyl (C=O) groups is 2. The van der Waals surface area contributed by atoms with E-state index in [9.17, 15) is 9.59 Å². The molecule has 1 unspecified atom stereocenters. The summed E-state index contributed by atoms with van der Waals surface area (Å²) in [5, 5.41) is 14.1. The third kappa shape index (κ3) is 5.34. The number of carbonyl (C=O) groups excluding carboxylic acids is 1. The summed E-state index contributed by atoms with van der Waals surface area (Å²) in [6.07, 6.45) is 1.07. The van der Waals surface area contributed by atoms with Gasteiger partial charge in [-0.05, 0) is 38.4 Å². The molecule has 1 aliphatic rings. The van der Waals surface area contributed by atoms with Crippen molar-refractivity contribution in [3.63, 3.8) is 0 Å². The van der Waals surface area contributed by atoms with E-state index in [-0.39, 0.29) is 18.0 Å².